The summed E-state index contributed by atoms with van der Waals surface area (Å²) >= 11 is 6.50. The number of nitrogens with two attached hydrogens (primary N) is 1. The number of hydrogen-bond acceptors (Lipinski definition) is 0. The van der Waals surface area contributed by atoms with Crippen LogP contribution in [0.15, 0.2) is 60.7 Å². The van der Waals surface area contributed by atoms with Gasteiger partial charge in [-0.2, -0.15) is 0 Å². The molecule has 0 aliphatic rings. The van der Waals surface area contributed by atoms with Crippen molar-refractivity contribution in [3.8, 4) is 0 Å². The molecule has 2 aromatic rings. The van der Waals surface area contributed by atoms with Crippen LogP contribution in [0.2, 0.25) is 0 Å². The molecule has 0 saturated heterocycles. The van der Waals surface area contributed by atoms with Crippen molar-refractivity contribution in [1.82, 2.24) is 0 Å². The first-order valence-electron chi connectivity index (χ1n) is 6.38. The molecule has 2 aromatic carbocycles. The summed E-state index contributed by atoms with van der Waals surface area (Å²) in [6, 6.07) is 20.7. The molecular weight excluding hydrogens is 397 g/mol. The third-order valence-corrected chi connectivity index (χ3v) is 9.88. The van der Waals surface area contributed by atoms with Gasteiger partial charge in [-0.1, -0.05) is 0 Å². The summed E-state index contributed by atoms with van der Waals surface area (Å²) in [5.74, 6) is 0. The van der Waals surface area contributed by atoms with Crippen LogP contribution in [0.5, 0.6) is 0 Å². The first-order valence-corrected chi connectivity index (χ1v) is 12.6. The molecule has 0 saturated carbocycles. The van der Waals surface area contributed by atoms with Gasteiger partial charge in [0.2, 0.25) is 0 Å². The Morgan fingerprint density at radius 2 is 1.60 bits per heavy atom. The van der Waals surface area contributed by atoms with Gasteiger partial charge < -0.3 is 0 Å². The molecule has 0 unspecified atom stereocenters. The van der Waals surface area contributed by atoms with E-state index in [0.717, 1.165) is 18.5 Å². The van der Waals surface area contributed by atoms with Crippen LogP contribution >= 0.6 is 4.64 Å². The predicted octanol–water partition coefficient (Wildman–Crippen LogP) is 0.135. The Kier molecular flexibility index (Phi) is 5.84. The second-order valence-corrected chi connectivity index (χ2v) is 16.9. The second-order valence-electron chi connectivity index (χ2n) is 4.43. The number of benzene rings is 2. The SMILES string of the molecule is NC(=[NH+]CCc1ccccc1)[P+]([Se])([Se-])c1ccccc1. The van der Waals surface area contributed by atoms with Crippen molar-refractivity contribution in [2.24, 2.45) is 5.73 Å². The van der Waals surface area contributed by atoms with E-state index >= 15 is 0 Å². The molecule has 2 nitrogen and oxygen atoms in total. The maximum atomic E-state index is 6.24. The fourth-order valence-electron chi connectivity index (χ4n) is 1.85. The van der Waals surface area contributed by atoms with Crippen molar-refractivity contribution >= 4 is 46.7 Å². The fraction of sp³-hybridized carbons (Fsp3) is 0.133. The average molecular weight is 414 g/mol. The minimum absolute atomic E-state index is 0.819. The van der Waals surface area contributed by atoms with Crippen molar-refractivity contribution < 1.29 is 4.99 Å². The first kappa shape index (κ1) is 15.8. The van der Waals surface area contributed by atoms with Gasteiger partial charge in [-0.25, -0.2) is 0 Å². The Balaban J connectivity index is 2.03. The summed E-state index contributed by atoms with van der Waals surface area (Å²) in [6.07, 6.45) is 0.969. The molecule has 0 aliphatic heterocycles. The molecule has 2 rings (SSSR count). The van der Waals surface area contributed by atoms with E-state index in [2.05, 4.69) is 72.5 Å². The number of nitrogens with one attached hydrogen (secondary N) is 1. The van der Waals surface area contributed by atoms with Crippen LogP contribution < -0.4 is 16.0 Å². The predicted molar refractivity (Wildman–Crippen MR) is 89.7 cm³/mol. The number of hydrogen-bond donors (Lipinski definition) is 2. The quantitative estimate of drug-likeness (QED) is 0.311. The van der Waals surface area contributed by atoms with Crippen LogP contribution in [0.4, 0.5) is 0 Å². The van der Waals surface area contributed by atoms with E-state index in [9.17, 15) is 0 Å². The van der Waals surface area contributed by atoms with Crippen LogP contribution in [0.3, 0.4) is 0 Å². The number of rotatable bonds is 5. The van der Waals surface area contributed by atoms with E-state index in [1.165, 1.54) is 10.9 Å². The van der Waals surface area contributed by atoms with Crippen molar-refractivity contribution in [3.05, 3.63) is 66.2 Å². The molecule has 0 atom stereocenters. The standard InChI is InChI=1S/C15H16N2PSe2/c16-15(17-12-11-13-7-3-1-4-8-13)18(19,20)14-9-5-2-6-10-14/h1-10H,11-12H2,(H2,16,17)/p+1. The average Bonchev–Trinajstić information content (AvgIpc) is 2.49. The Hall–Kier alpha value is -0.621. The third kappa shape index (κ3) is 4.18. The van der Waals surface area contributed by atoms with E-state index in [0.29, 0.717) is 0 Å². The molecule has 3 N–H and O–H groups in total. The van der Waals surface area contributed by atoms with Gasteiger partial charge >= 0.3 is 137 Å². The first-order chi connectivity index (χ1) is 9.60. The summed E-state index contributed by atoms with van der Waals surface area (Å²) in [7, 11) is 0. The number of amidine groups is 1. The molecule has 1 radical (unpaired) electrons. The summed E-state index contributed by atoms with van der Waals surface area (Å²) in [5.41, 5.74) is 8.38. The van der Waals surface area contributed by atoms with Gasteiger partial charge in [0.15, 0.2) is 0 Å². The van der Waals surface area contributed by atoms with Crippen LogP contribution in [-0.4, -0.2) is 43.3 Å². The van der Waals surface area contributed by atoms with Crippen LogP contribution in [0, 0.1) is 0 Å². The molecule has 0 fully saturated rings. The zero-order valence-corrected chi connectivity index (χ0v) is 15.3. The molecular formula is C15H17N2PSe2+. The third-order valence-electron chi connectivity index (χ3n) is 2.98. The van der Waals surface area contributed by atoms with Gasteiger partial charge in [0, 0.05) is 0 Å². The molecule has 0 bridgehead atoms. The molecule has 103 valence electrons. The molecule has 0 heterocycles. The summed E-state index contributed by atoms with van der Waals surface area (Å²) in [6.45, 7) is 0.841. The van der Waals surface area contributed by atoms with E-state index in [4.69, 9.17) is 5.73 Å². The van der Waals surface area contributed by atoms with Crippen LogP contribution in [0.25, 0.3) is 0 Å². The minimum atomic E-state index is -1.67. The van der Waals surface area contributed by atoms with Crippen molar-refractivity contribution in [3.63, 3.8) is 0 Å². The zero-order chi connectivity index (χ0) is 14.4. The molecule has 0 aromatic heterocycles. The van der Waals surface area contributed by atoms with Gasteiger partial charge in [0.05, 0.1) is 0 Å². The van der Waals surface area contributed by atoms with Crippen molar-refractivity contribution in [2.45, 2.75) is 6.42 Å². The van der Waals surface area contributed by atoms with E-state index in [1.807, 2.05) is 24.3 Å². The van der Waals surface area contributed by atoms with Crippen LogP contribution in [-0.2, 0) is 6.42 Å². The van der Waals surface area contributed by atoms with E-state index in [1.54, 1.807) is 0 Å². The fourth-order valence-corrected chi connectivity index (χ4v) is 5.35. The van der Waals surface area contributed by atoms with Crippen LogP contribution in [0.1, 0.15) is 5.56 Å². The van der Waals surface area contributed by atoms with Gasteiger partial charge in [-0.15, -0.1) is 0 Å². The van der Waals surface area contributed by atoms with Gasteiger partial charge in [0.25, 0.3) is 0 Å². The van der Waals surface area contributed by atoms with Crippen molar-refractivity contribution in [1.29, 1.82) is 0 Å². The topological polar surface area (TPSA) is 40.0 Å². The summed E-state index contributed by atoms with van der Waals surface area (Å²) in [5, 5.41) is 1.23. The van der Waals surface area contributed by atoms with Gasteiger partial charge in [-0.3, -0.25) is 0 Å². The Bertz CT molecular complexity index is 571. The monoisotopic (exact) mass is 416 g/mol. The maximum absolute atomic E-state index is 6.24. The zero-order valence-electron chi connectivity index (χ0n) is 11.0. The van der Waals surface area contributed by atoms with E-state index in [-0.39, 0.29) is 0 Å². The summed E-state index contributed by atoms with van der Waals surface area (Å²) in [4.78, 5) is 3.35. The second kappa shape index (κ2) is 7.41. The molecule has 20 heavy (non-hydrogen) atoms. The molecule has 0 aliphatic carbocycles. The van der Waals surface area contributed by atoms with Gasteiger partial charge in [-0.05, 0) is 0 Å². The van der Waals surface area contributed by atoms with E-state index < -0.39 is 4.64 Å². The van der Waals surface area contributed by atoms with Crippen molar-refractivity contribution in [2.75, 3.05) is 6.54 Å². The molecule has 0 amide bonds. The Morgan fingerprint density at radius 3 is 2.20 bits per heavy atom. The normalized spacial score (nSPS) is 14.8. The molecule has 5 heteroatoms. The Morgan fingerprint density at radius 1 is 1.05 bits per heavy atom. The van der Waals surface area contributed by atoms with Gasteiger partial charge in [0.1, 0.15) is 0 Å². The summed E-state index contributed by atoms with van der Waals surface area (Å²) < 4.78 is -1.67. The Labute approximate surface area is 136 Å². The molecule has 0 spiro atoms.